The molecule has 9 heteroatoms. The number of anilines is 3. The molecule has 2 N–H and O–H groups in total. The quantitative estimate of drug-likeness (QED) is 0.248. The fraction of sp³-hybridized carbons (Fsp3) is 0.0345. The van der Waals surface area contributed by atoms with Gasteiger partial charge in [0.15, 0.2) is 0 Å². The number of aromatic nitrogens is 4. The molecule has 0 aliphatic carbocycles. The van der Waals surface area contributed by atoms with E-state index in [1.165, 1.54) is 23.5 Å². The highest BCUT2D eigenvalue weighted by atomic mass is 32.1. The molecule has 4 heterocycles. The molecular weight excluding hydrogens is 499 g/mol. The van der Waals surface area contributed by atoms with Gasteiger partial charge in [0.25, 0.3) is 5.91 Å². The first kappa shape index (κ1) is 23.5. The van der Waals surface area contributed by atoms with Crippen LogP contribution in [0.3, 0.4) is 0 Å². The molecule has 0 spiro atoms. The zero-order valence-electron chi connectivity index (χ0n) is 20.2. The maximum atomic E-state index is 13.7. The summed E-state index contributed by atoms with van der Waals surface area (Å²) in [6.07, 6.45) is 3.53. The van der Waals surface area contributed by atoms with Gasteiger partial charge in [0.1, 0.15) is 11.5 Å². The Morgan fingerprint density at radius 1 is 0.974 bits per heavy atom. The Hall–Kier alpha value is -4.89. The van der Waals surface area contributed by atoms with Gasteiger partial charge in [-0.25, -0.2) is 18.9 Å². The second-order valence-electron chi connectivity index (χ2n) is 8.62. The van der Waals surface area contributed by atoms with Crippen molar-refractivity contribution in [3.8, 4) is 22.5 Å². The highest BCUT2D eigenvalue weighted by molar-refractivity contribution is 7.12. The van der Waals surface area contributed by atoms with Crippen molar-refractivity contribution in [1.82, 2.24) is 19.6 Å². The van der Waals surface area contributed by atoms with Crippen LogP contribution < -0.4 is 10.6 Å². The molecule has 0 saturated heterocycles. The standard InChI is InChI=1S/C29H21FN6OS/c1-18-12-15-38-27(18)28(37)32-21-8-4-6-19(16-21)26-25(24-10-2-3-14-36(24)35-26)23-11-13-31-29(34-23)33-22-9-5-7-20(30)17-22/h2-17H,1H3,(H,32,37)(H,31,33,34). The first-order valence-corrected chi connectivity index (χ1v) is 12.7. The third kappa shape index (κ3) is 4.62. The second-order valence-corrected chi connectivity index (χ2v) is 9.54. The number of carbonyl (C=O) groups excluding carboxylic acids is 1. The minimum absolute atomic E-state index is 0.145. The summed E-state index contributed by atoms with van der Waals surface area (Å²) in [7, 11) is 0. The Kier molecular flexibility index (Phi) is 6.11. The summed E-state index contributed by atoms with van der Waals surface area (Å²) < 4.78 is 15.5. The minimum atomic E-state index is -0.350. The fourth-order valence-corrected chi connectivity index (χ4v) is 5.06. The molecule has 2 aromatic carbocycles. The van der Waals surface area contributed by atoms with Gasteiger partial charge in [-0.2, -0.15) is 5.10 Å². The van der Waals surface area contributed by atoms with Crippen molar-refractivity contribution in [2.24, 2.45) is 0 Å². The summed E-state index contributed by atoms with van der Waals surface area (Å²) in [6, 6.07) is 23.3. The number of aryl methyl sites for hydroxylation is 1. The van der Waals surface area contributed by atoms with Crippen LogP contribution in [-0.2, 0) is 0 Å². The molecule has 7 nitrogen and oxygen atoms in total. The van der Waals surface area contributed by atoms with Gasteiger partial charge in [-0.05, 0) is 72.5 Å². The lowest BCUT2D eigenvalue weighted by Gasteiger charge is -2.09. The molecule has 0 unspecified atom stereocenters. The summed E-state index contributed by atoms with van der Waals surface area (Å²) in [6.45, 7) is 1.92. The first-order chi connectivity index (χ1) is 18.5. The van der Waals surface area contributed by atoms with Gasteiger partial charge in [0.05, 0.1) is 21.7 Å². The monoisotopic (exact) mass is 520 g/mol. The van der Waals surface area contributed by atoms with E-state index < -0.39 is 0 Å². The van der Waals surface area contributed by atoms with Crippen molar-refractivity contribution in [2.75, 3.05) is 10.6 Å². The van der Waals surface area contributed by atoms with Crippen molar-refractivity contribution in [2.45, 2.75) is 6.92 Å². The average Bonchev–Trinajstić information content (AvgIpc) is 3.53. The molecule has 0 aliphatic heterocycles. The summed E-state index contributed by atoms with van der Waals surface area (Å²) in [5.74, 6) is -0.160. The molecule has 186 valence electrons. The number of nitrogens with one attached hydrogen (secondary N) is 2. The van der Waals surface area contributed by atoms with Crippen LogP contribution in [0.25, 0.3) is 28.0 Å². The van der Waals surface area contributed by atoms with E-state index in [2.05, 4.69) is 15.6 Å². The van der Waals surface area contributed by atoms with E-state index >= 15 is 0 Å². The molecule has 4 aromatic heterocycles. The van der Waals surface area contributed by atoms with E-state index in [-0.39, 0.29) is 11.7 Å². The Labute approximate surface area is 221 Å². The van der Waals surface area contributed by atoms with Crippen LogP contribution >= 0.6 is 11.3 Å². The Bertz CT molecular complexity index is 1790. The molecule has 0 fully saturated rings. The molecule has 38 heavy (non-hydrogen) atoms. The van der Waals surface area contributed by atoms with Gasteiger partial charge in [-0.15, -0.1) is 11.3 Å². The van der Waals surface area contributed by atoms with Crippen LogP contribution in [-0.4, -0.2) is 25.5 Å². The van der Waals surface area contributed by atoms with Crippen molar-refractivity contribution < 1.29 is 9.18 Å². The summed E-state index contributed by atoms with van der Waals surface area (Å²) in [5, 5.41) is 12.8. The van der Waals surface area contributed by atoms with Crippen molar-refractivity contribution in [3.63, 3.8) is 0 Å². The van der Waals surface area contributed by atoms with Crippen LogP contribution in [0.5, 0.6) is 0 Å². The SMILES string of the molecule is Cc1ccsc1C(=O)Nc1cccc(-c2nn3ccccc3c2-c2ccnc(Nc3cccc(F)c3)n2)c1. The second kappa shape index (κ2) is 9.87. The third-order valence-electron chi connectivity index (χ3n) is 5.99. The average molecular weight is 521 g/mol. The Balaban J connectivity index is 1.40. The summed E-state index contributed by atoms with van der Waals surface area (Å²) >= 11 is 1.41. The molecule has 6 rings (SSSR count). The normalized spacial score (nSPS) is 11.0. The van der Waals surface area contributed by atoms with Gasteiger partial charge >= 0.3 is 0 Å². The van der Waals surface area contributed by atoms with Gasteiger partial charge in [-0.3, -0.25) is 4.79 Å². The summed E-state index contributed by atoms with van der Waals surface area (Å²) in [5.41, 5.74) is 6.01. The smallest absolute Gasteiger partial charge is 0.265 e. The number of pyridine rings is 1. The zero-order valence-corrected chi connectivity index (χ0v) is 21.0. The zero-order chi connectivity index (χ0) is 26.1. The number of amides is 1. The third-order valence-corrected chi connectivity index (χ3v) is 7.01. The van der Waals surface area contributed by atoms with Crippen LogP contribution in [0.1, 0.15) is 15.2 Å². The number of hydrogen-bond donors (Lipinski definition) is 2. The maximum Gasteiger partial charge on any atom is 0.265 e. The number of carbonyl (C=O) groups is 1. The lowest BCUT2D eigenvalue weighted by molar-refractivity contribution is 0.103. The van der Waals surface area contributed by atoms with Crippen molar-refractivity contribution in [3.05, 3.63) is 113 Å². The van der Waals surface area contributed by atoms with E-state index in [4.69, 9.17) is 10.1 Å². The van der Waals surface area contributed by atoms with Crippen LogP contribution in [0, 0.1) is 12.7 Å². The number of hydrogen-bond acceptors (Lipinski definition) is 6. The molecule has 0 saturated carbocycles. The van der Waals surface area contributed by atoms with Gasteiger partial charge in [-0.1, -0.05) is 24.3 Å². The van der Waals surface area contributed by atoms with Crippen molar-refractivity contribution in [1.29, 1.82) is 0 Å². The molecule has 0 bridgehead atoms. The van der Waals surface area contributed by atoms with Crippen LogP contribution in [0.4, 0.5) is 21.7 Å². The molecular formula is C29H21FN6OS. The number of halogens is 1. The van der Waals surface area contributed by atoms with Crippen molar-refractivity contribution >= 4 is 40.1 Å². The van der Waals surface area contributed by atoms with E-state index in [1.54, 1.807) is 22.8 Å². The van der Waals surface area contributed by atoms with E-state index in [9.17, 15) is 9.18 Å². The lowest BCUT2D eigenvalue weighted by atomic mass is 10.0. The van der Waals surface area contributed by atoms with Gasteiger partial charge in [0, 0.05) is 29.3 Å². The van der Waals surface area contributed by atoms with Crippen LogP contribution in [0.2, 0.25) is 0 Å². The fourth-order valence-electron chi connectivity index (χ4n) is 4.24. The first-order valence-electron chi connectivity index (χ1n) is 11.8. The minimum Gasteiger partial charge on any atom is -0.324 e. The molecule has 0 atom stereocenters. The number of fused-ring (bicyclic) bond motifs is 1. The molecule has 0 aliphatic rings. The Morgan fingerprint density at radius 3 is 2.68 bits per heavy atom. The highest BCUT2D eigenvalue weighted by Crippen LogP contribution is 2.35. The molecule has 0 radical (unpaired) electrons. The van der Waals surface area contributed by atoms with Crippen LogP contribution in [0.15, 0.2) is 96.6 Å². The largest absolute Gasteiger partial charge is 0.324 e. The molecule has 1 amide bonds. The van der Waals surface area contributed by atoms with E-state index in [0.29, 0.717) is 33.6 Å². The number of rotatable bonds is 6. The molecule has 6 aromatic rings. The maximum absolute atomic E-state index is 13.7. The Morgan fingerprint density at radius 2 is 1.84 bits per heavy atom. The van der Waals surface area contributed by atoms with Gasteiger partial charge in [0.2, 0.25) is 5.95 Å². The summed E-state index contributed by atoms with van der Waals surface area (Å²) in [4.78, 5) is 22.5. The van der Waals surface area contributed by atoms with E-state index in [0.717, 1.165) is 22.2 Å². The highest BCUT2D eigenvalue weighted by Gasteiger charge is 2.19. The van der Waals surface area contributed by atoms with E-state index in [1.807, 2.05) is 73.1 Å². The van der Waals surface area contributed by atoms with Gasteiger partial charge < -0.3 is 10.6 Å². The predicted octanol–water partition coefficient (Wildman–Crippen LogP) is 6.96. The predicted molar refractivity (Wildman–Crippen MR) is 148 cm³/mol. The number of benzene rings is 2. The topological polar surface area (TPSA) is 84.2 Å². The number of nitrogens with zero attached hydrogens (tertiary/aromatic N) is 4. The number of thiophene rings is 1. The lowest BCUT2D eigenvalue weighted by Crippen LogP contribution is -2.11.